The predicted molar refractivity (Wildman–Crippen MR) is 125 cm³/mol. The second-order valence-corrected chi connectivity index (χ2v) is 9.57. The molecular formula is C24H24N2O7S. The number of morpholine rings is 1. The fourth-order valence-corrected chi connectivity index (χ4v) is 4.98. The van der Waals surface area contributed by atoms with Crippen LogP contribution in [0.3, 0.4) is 0 Å². The number of ether oxygens (including phenoxy) is 2. The lowest BCUT2D eigenvalue weighted by Crippen LogP contribution is -2.40. The molecule has 0 bridgehead atoms. The van der Waals surface area contributed by atoms with Gasteiger partial charge in [-0.2, -0.15) is 4.31 Å². The van der Waals surface area contributed by atoms with E-state index >= 15 is 0 Å². The van der Waals surface area contributed by atoms with Crippen LogP contribution in [0.1, 0.15) is 27.8 Å². The van der Waals surface area contributed by atoms with Gasteiger partial charge in [0.25, 0.3) is 5.91 Å². The van der Waals surface area contributed by atoms with E-state index in [-0.39, 0.29) is 35.2 Å². The SMILES string of the molecule is COc1ccc(S(=O)(=O)N2CCOCC2)cc1NC(=O)c1ccc(-c2ccc(C(C)=O)cc2)o1. The summed E-state index contributed by atoms with van der Waals surface area (Å²) >= 11 is 0. The van der Waals surface area contributed by atoms with Crippen LogP contribution in [0.25, 0.3) is 11.3 Å². The number of Topliss-reactive ketones (excluding diaryl/α,β-unsaturated/α-hetero) is 1. The summed E-state index contributed by atoms with van der Waals surface area (Å²) in [5.41, 5.74) is 1.48. The van der Waals surface area contributed by atoms with Gasteiger partial charge in [0.15, 0.2) is 11.5 Å². The summed E-state index contributed by atoms with van der Waals surface area (Å²) in [7, 11) is -2.33. The van der Waals surface area contributed by atoms with E-state index in [1.165, 1.54) is 42.6 Å². The van der Waals surface area contributed by atoms with Gasteiger partial charge >= 0.3 is 0 Å². The second-order valence-electron chi connectivity index (χ2n) is 7.63. The van der Waals surface area contributed by atoms with Crippen molar-refractivity contribution in [3.63, 3.8) is 0 Å². The van der Waals surface area contributed by atoms with E-state index in [9.17, 15) is 18.0 Å². The number of nitrogens with one attached hydrogen (secondary N) is 1. The zero-order chi connectivity index (χ0) is 24.3. The number of rotatable bonds is 7. The van der Waals surface area contributed by atoms with E-state index in [0.717, 1.165) is 0 Å². The number of hydrogen-bond acceptors (Lipinski definition) is 7. The highest BCUT2D eigenvalue weighted by molar-refractivity contribution is 7.89. The molecule has 0 atom stereocenters. The van der Waals surface area contributed by atoms with Gasteiger partial charge in [-0.05, 0) is 37.3 Å². The number of hydrogen-bond donors (Lipinski definition) is 1. The van der Waals surface area contributed by atoms with Crippen molar-refractivity contribution >= 4 is 27.4 Å². The van der Waals surface area contributed by atoms with Crippen molar-refractivity contribution in [2.45, 2.75) is 11.8 Å². The molecule has 34 heavy (non-hydrogen) atoms. The maximum atomic E-state index is 13.0. The number of ketones is 1. The number of carbonyl (C=O) groups excluding carboxylic acids is 2. The Hall–Kier alpha value is -3.47. The van der Waals surface area contributed by atoms with Crippen LogP contribution < -0.4 is 10.1 Å². The minimum absolute atomic E-state index is 0.0362. The van der Waals surface area contributed by atoms with E-state index in [1.807, 2.05) is 0 Å². The third-order valence-corrected chi connectivity index (χ3v) is 7.33. The predicted octanol–water partition coefficient (Wildman–Crippen LogP) is 3.43. The summed E-state index contributed by atoms with van der Waals surface area (Å²) in [4.78, 5) is 24.3. The summed E-state index contributed by atoms with van der Waals surface area (Å²) in [5.74, 6) is 0.189. The van der Waals surface area contributed by atoms with Crippen molar-refractivity contribution in [1.82, 2.24) is 4.31 Å². The molecule has 0 saturated carbocycles. The minimum Gasteiger partial charge on any atom is -0.495 e. The second kappa shape index (κ2) is 9.80. The van der Waals surface area contributed by atoms with E-state index in [0.29, 0.717) is 35.9 Å². The number of carbonyl (C=O) groups is 2. The van der Waals surface area contributed by atoms with Gasteiger partial charge in [0.2, 0.25) is 10.0 Å². The lowest BCUT2D eigenvalue weighted by atomic mass is 10.1. The van der Waals surface area contributed by atoms with Crippen molar-refractivity contribution < 1.29 is 31.9 Å². The van der Waals surface area contributed by atoms with Crippen LogP contribution in [0.4, 0.5) is 5.69 Å². The smallest absolute Gasteiger partial charge is 0.291 e. The fraction of sp³-hybridized carbons (Fsp3) is 0.250. The highest BCUT2D eigenvalue weighted by Gasteiger charge is 2.27. The first-order chi connectivity index (χ1) is 16.3. The first-order valence-electron chi connectivity index (χ1n) is 10.6. The zero-order valence-corrected chi connectivity index (χ0v) is 19.6. The number of nitrogens with zero attached hydrogens (tertiary/aromatic N) is 1. The van der Waals surface area contributed by atoms with Gasteiger partial charge in [-0.3, -0.25) is 9.59 Å². The summed E-state index contributed by atoms with van der Waals surface area (Å²) in [6, 6.07) is 14.3. The Kier molecular flexibility index (Phi) is 6.82. The Labute approximate surface area is 197 Å². The normalized spacial score (nSPS) is 14.5. The molecule has 178 valence electrons. The third kappa shape index (κ3) is 4.89. The summed E-state index contributed by atoms with van der Waals surface area (Å²) in [6.45, 7) is 2.67. The van der Waals surface area contributed by atoms with Crippen LogP contribution in [-0.2, 0) is 14.8 Å². The molecule has 1 fully saturated rings. The molecule has 1 aliphatic rings. The van der Waals surface area contributed by atoms with Crippen LogP contribution in [0, 0.1) is 0 Å². The lowest BCUT2D eigenvalue weighted by molar-refractivity contribution is 0.0730. The van der Waals surface area contributed by atoms with Crippen molar-refractivity contribution in [3.05, 3.63) is 65.9 Å². The topological polar surface area (TPSA) is 115 Å². The fourth-order valence-electron chi connectivity index (χ4n) is 3.55. The van der Waals surface area contributed by atoms with Gasteiger partial charge in [-0.1, -0.05) is 24.3 Å². The molecule has 3 aromatic rings. The number of amides is 1. The van der Waals surface area contributed by atoms with Gasteiger partial charge in [-0.15, -0.1) is 0 Å². The summed E-state index contributed by atoms with van der Waals surface area (Å²) in [6.07, 6.45) is 0. The summed E-state index contributed by atoms with van der Waals surface area (Å²) < 4.78 is 43.6. The Balaban J connectivity index is 1.56. The molecule has 2 heterocycles. The average molecular weight is 485 g/mol. The van der Waals surface area contributed by atoms with Crippen LogP contribution in [0.5, 0.6) is 5.75 Å². The first-order valence-corrected chi connectivity index (χ1v) is 12.0. The van der Waals surface area contributed by atoms with Crippen LogP contribution in [0.15, 0.2) is 63.9 Å². The quantitative estimate of drug-likeness (QED) is 0.511. The molecule has 9 nitrogen and oxygen atoms in total. The largest absolute Gasteiger partial charge is 0.495 e. The van der Waals surface area contributed by atoms with Crippen molar-refractivity contribution in [3.8, 4) is 17.1 Å². The maximum absolute atomic E-state index is 13.0. The van der Waals surface area contributed by atoms with Crippen LogP contribution >= 0.6 is 0 Å². The molecule has 1 saturated heterocycles. The van der Waals surface area contributed by atoms with Crippen LogP contribution in [0.2, 0.25) is 0 Å². The number of furan rings is 1. The van der Waals surface area contributed by atoms with Crippen LogP contribution in [-0.4, -0.2) is 57.8 Å². The van der Waals surface area contributed by atoms with Gasteiger partial charge in [0, 0.05) is 24.2 Å². The molecule has 2 aromatic carbocycles. The van der Waals surface area contributed by atoms with Gasteiger partial charge in [0.05, 0.1) is 30.9 Å². The number of methoxy groups -OCH3 is 1. The number of sulfonamides is 1. The average Bonchev–Trinajstić information content (AvgIpc) is 3.35. The van der Waals surface area contributed by atoms with Gasteiger partial charge < -0.3 is 19.2 Å². The summed E-state index contributed by atoms with van der Waals surface area (Å²) in [5, 5.41) is 2.67. The monoisotopic (exact) mass is 484 g/mol. The molecule has 1 aliphatic heterocycles. The third-order valence-electron chi connectivity index (χ3n) is 5.43. The van der Waals surface area contributed by atoms with Crippen molar-refractivity contribution in [1.29, 1.82) is 0 Å². The first kappa shape index (κ1) is 23.7. The Morgan fingerprint density at radius 1 is 1.00 bits per heavy atom. The van der Waals surface area contributed by atoms with Gasteiger partial charge in [-0.25, -0.2) is 8.42 Å². The highest BCUT2D eigenvalue weighted by atomic mass is 32.2. The molecule has 0 unspecified atom stereocenters. The Morgan fingerprint density at radius 2 is 1.71 bits per heavy atom. The standard InChI is InChI=1S/C24H24N2O7S/c1-16(27)17-3-5-18(6-4-17)21-9-10-23(33-21)24(28)25-20-15-19(7-8-22(20)31-2)34(29,30)26-11-13-32-14-12-26/h3-10,15H,11-14H2,1-2H3,(H,25,28). The maximum Gasteiger partial charge on any atom is 0.291 e. The van der Waals surface area contributed by atoms with E-state index < -0.39 is 15.9 Å². The molecular weight excluding hydrogens is 460 g/mol. The molecule has 1 N–H and O–H groups in total. The molecule has 0 radical (unpaired) electrons. The van der Waals surface area contributed by atoms with E-state index in [1.54, 1.807) is 30.3 Å². The highest BCUT2D eigenvalue weighted by Crippen LogP contribution is 2.30. The Bertz CT molecular complexity index is 1310. The number of anilines is 1. The lowest BCUT2D eigenvalue weighted by Gasteiger charge is -2.26. The van der Waals surface area contributed by atoms with E-state index in [4.69, 9.17) is 13.9 Å². The number of benzene rings is 2. The van der Waals surface area contributed by atoms with E-state index in [2.05, 4.69) is 5.32 Å². The molecule has 4 rings (SSSR count). The van der Waals surface area contributed by atoms with Crippen molar-refractivity contribution in [2.24, 2.45) is 0 Å². The minimum atomic E-state index is -3.75. The zero-order valence-electron chi connectivity index (χ0n) is 18.7. The molecule has 1 amide bonds. The van der Waals surface area contributed by atoms with Crippen molar-refractivity contribution in [2.75, 3.05) is 38.7 Å². The molecule has 1 aromatic heterocycles. The molecule has 0 spiro atoms. The molecule has 10 heteroatoms. The molecule has 0 aliphatic carbocycles. The van der Waals surface area contributed by atoms with Gasteiger partial charge in [0.1, 0.15) is 11.5 Å². The Morgan fingerprint density at radius 3 is 2.35 bits per heavy atom.